The molecule has 0 atom stereocenters. The van der Waals surface area contributed by atoms with Crippen LogP contribution in [0.25, 0.3) is 0 Å². The first kappa shape index (κ1) is 13.8. The minimum atomic E-state index is -2.75. The molecule has 1 aromatic rings. The van der Waals surface area contributed by atoms with Gasteiger partial charge in [-0.15, -0.1) is 0 Å². The minimum absolute atomic E-state index is 0.190. The van der Waals surface area contributed by atoms with E-state index in [1.54, 1.807) is 12.1 Å². The topological polar surface area (TPSA) is 21.3 Å². The van der Waals surface area contributed by atoms with Crippen molar-refractivity contribution >= 4 is 0 Å². The average Bonchev–Trinajstić information content (AvgIpc) is 2.24. The molecule has 2 nitrogen and oxygen atoms in total. The van der Waals surface area contributed by atoms with Crippen LogP contribution in [-0.2, 0) is 6.54 Å². The number of hydrogen-bond donors (Lipinski definition) is 1. The molecule has 0 heterocycles. The van der Waals surface area contributed by atoms with Crippen molar-refractivity contribution in [1.29, 1.82) is 0 Å². The van der Waals surface area contributed by atoms with Crippen LogP contribution in [0.15, 0.2) is 24.3 Å². The predicted molar refractivity (Wildman–Crippen MR) is 57.2 cm³/mol. The average molecular weight is 217 g/mol. The molecule has 15 heavy (non-hydrogen) atoms. The van der Waals surface area contributed by atoms with E-state index >= 15 is 0 Å². The SMILES string of the molecule is CC.CNCc1ccc(OC(F)F)cc1. The molecule has 0 radical (unpaired) electrons. The van der Waals surface area contributed by atoms with E-state index in [0.717, 1.165) is 12.1 Å². The van der Waals surface area contributed by atoms with Gasteiger partial charge in [-0.1, -0.05) is 26.0 Å². The number of benzene rings is 1. The fraction of sp³-hybridized carbons (Fsp3) is 0.455. The highest BCUT2D eigenvalue weighted by Gasteiger charge is 2.02. The summed E-state index contributed by atoms with van der Waals surface area (Å²) in [5, 5.41) is 2.96. The van der Waals surface area contributed by atoms with Crippen LogP contribution in [0.3, 0.4) is 0 Å². The molecule has 1 rings (SSSR count). The zero-order chi connectivity index (χ0) is 11.7. The Hall–Kier alpha value is -1.16. The third-order valence-electron chi connectivity index (χ3n) is 1.53. The van der Waals surface area contributed by atoms with E-state index in [-0.39, 0.29) is 5.75 Å². The van der Waals surface area contributed by atoms with Gasteiger partial charge in [0.2, 0.25) is 0 Å². The summed E-state index contributed by atoms with van der Waals surface area (Å²) in [4.78, 5) is 0. The van der Waals surface area contributed by atoms with Gasteiger partial charge in [-0.2, -0.15) is 8.78 Å². The first-order valence-corrected chi connectivity index (χ1v) is 4.90. The first-order valence-electron chi connectivity index (χ1n) is 4.90. The van der Waals surface area contributed by atoms with Gasteiger partial charge in [0.05, 0.1) is 0 Å². The summed E-state index contributed by atoms with van der Waals surface area (Å²) in [5.41, 5.74) is 1.03. The van der Waals surface area contributed by atoms with Crippen LogP contribution < -0.4 is 10.1 Å². The molecule has 86 valence electrons. The molecule has 4 heteroatoms. The van der Waals surface area contributed by atoms with Crippen LogP contribution in [-0.4, -0.2) is 13.7 Å². The smallest absolute Gasteiger partial charge is 0.387 e. The summed E-state index contributed by atoms with van der Waals surface area (Å²) < 4.78 is 27.7. The maximum atomic E-state index is 11.7. The molecule has 0 unspecified atom stereocenters. The lowest BCUT2D eigenvalue weighted by molar-refractivity contribution is -0.0498. The Kier molecular flexibility index (Phi) is 7.54. The molecular formula is C11H17F2NO. The van der Waals surface area contributed by atoms with E-state index in [1.165, 1.54) is 12.1 Å². The molecule has 0 aliphatic heterocycles. The van der Waals surface area contributed by atoms with Gasteiger partial charge in [0.1, 0.15) is 5.75 Å². The summed E-state index contributed by atoms with van der Waals surface area (Å²) in [7, 11) is 1.82. The number of nitrogens with one attached hydrogen (secondary N) is 1. The summed E-state index contributed by atoms with van der Waals surface area (Å²) in [6, 6.07) is 6.54. The number of alkyl halides is 2. The Bertz CT molecular complexity index is 249. The third kappa shape index (κ3) is 6.01. The quantitative estimate of drug-likeness (QED) is 0.837. The zero-order valence-corrected chi connectivity index (χ0v) is 9.26. The van der Waals surface area contributed by atoms with Crippen LogP contribution in [0, 0.1) is 0 Å². The summed E-state index contributed by atoms with van der Waals surface area (Å²) in [6.07, 6.45) is 0. The number of ether oxygens (including phenoxy) is 1. The Morgan fingerprint density at radius 1 is 1.20 bits per heavy atom. The van der Waals surface area contributed by atoms with Crippen LogP contribution in [0.4, 0.5) is 8.78 Å². The summed E-state index contributed by atoms with van der Waals surface area (Å²) in [5.74, 6) is 0.190. The van der Waals surface area contributed by atoms with E-state index in [9.17, 15) is 8.78 Å². The van der Waals surface area contributed by atoms with Crippen molar-refractivity contribution in [3.05, 3.63) is 29.8 Å². The zero-order valence-electron chi connectivity index (χ0n) is 9.26. The third-order valence-corrected chi connectivity index (χ3v) is 1.53. The molecule has 0 saturated heterocycles. The Balaban J connectivity index is 0.000000921. The Morgan fingerprint density at radius 3 is 2.13 bits per heavy atom. The van der Waals surface area contributed by atoms with Gasteiger partial charge in [0.15, 0.2) is 0 Å². The molecule has 0 aromatic heterocycles. The van der Waals surface area contributed by atoms with Crippen LogP contribution >= 0.6 is 0 Å². The van der Waals surface area contributed by atoms with Gasteiger partial charge in [-0.3, -0.25) is 0 Å². The normalized spacial score (nSPS) is 9.47. The highest BCUT2D eigenvalue weighted by molar-refractivity contribution is 5.27. The van der Waals surface area contributed by atoms with Crippen molar-refractivity contribution in [3.8, 4) is 5.75 Å². The van der Waals surface area contributed by atoms with Gasteiger partial charge in [0.25, 0.3) is 0 Å². The molecule has 0 spiro atoms. The molecule has 0 aliphatic rings. The van der Waals surface area contributed by atoms with E-state index in [2.05, 4.69) is 10.1 Å². The summed E-state index contributed by atoms with van der Waals surface area (Å²) in [6.45, 7) is 1.96. The molecule has 0 fully saturated rings. The van der Waals surface area contributed by atoms with Gasteiger partial charge < -0.3 is 10.1 Å². The van der Waals surface area contributed by atoms with Crippen molar-refractivity contribution in [2.45, 2.75) is 27.0 Å². The fourth-order valence-corrected chi connectivity index (χ4v) is 0.993. The van der Waals surface area contributed by atoms with Crippen molar-refractivity contribution in [1.82, 2.24) is 5.32 Å². The Morgan fingerprint density at radius 2 is 1.73 bits per heavy atom. The fourth-order valence-electron chi connectivity index (χ4n) is 0.993. The molecule has 1 N–H and O–H groups in total. The van der Waals surface area contributed by atoms with E-state index in [1.807, 2.05) is 20.9 Å². The molecular weight excluding hydrogens is 200 g/mol. The van der Waals surface area contributed by atoms with Crippen molar-refractivity contribution in [2.24, 2.45) is 0 Å². The number of rotatable bonds is 4. The minimum Gasteiger partial charge on any atom is -0.435 e. The standard InChI is InChI=1S/C9H11F2NO.C2H6/c1-12-6-7-2-4-8(5-3-7)13-9(10)11;1-2/h2-5,9,12H,6H2,1H3;1-2H3. The van der Waals surface area contributed by atoms with Crippen LogP contribution in [0.2, 0.25) is 0 Å². The van der Waals surface area contributed by atoms with Crippen LogP contribution in [0.1, 0.15) is 19.4 Å². The highest BCUT2D eigenvalue weighted by Crippen LogP contribution is 2.14. The second kappa shape index (κ2) is 8.17. The predicted octanol–water partition coefficient (Wildman–Crippen LogP) is 3.03. The lowest BCUT2D eigenvalue weighted by atomic mass is 10.2. The summed E-state index contributed by atoms with van der Waals surface area (Å²) >= 11 is 0. The Labute approximate surface area is 89.3 Å². The highest BCUT2D eigenvalue weighted by atomic mass is 19.3. The van der Waals surface area contributed by atoms with Gasteiger partial charge in [0, 0.05) is 6.54 Å². The van der Waals surface area contributed by atoms with Gasteiger partial charge >= 0.3 is 6.61 Å². The van der Waals surface area contributed by atoms with E-state index in [0.29, 0.717) is 0 Å². The second-order valence-corrected chi connectivity index (χ2v) is 2.55. The van der Waals surface area contributed by atoms with Crippen LogP contribution in [0.5, 0.6) is 5.75 Å². The van der Waals surface area contributed by atoms with E-state index in [4.69, 9.17) is 0 Å². The van der Waals surface area contributed by atoms with E-state index < -0.39 is 6.61 Å². The largest absolute Gasteiger partial charge is 0.435 e. The number of hydrogen-bond acceptors (Lipinski definition) is 2. The molecule has 1 aromatic carbocycles. The first-order chi connectivity index (χ1) is 7.22. The monoisotopic (exact) mass is 217 g/mol. The van der Waals surface area contributed by atoms with Crippen molar-refractivity contribution < 1.29 is 13.5 Å². The van der Waals surface area contributed by atoms with Crippen molar-refractivity contribution in [3.63, 3.8) is 0 Å². The molecule has 0 aliphatic carbocycles. The molecule has 0 saturated carbocycles. The van der Waals surface area contributed by atoms with Gasteiger partial charge in [-0.25, -0.2) is 0 Å². The number of halogens is 2. The molecule has 0 amide bonds. The lowest BCUT2D eigenvalue weighted by Crippen LogP contribution is -2.05. The molecule has 0 bridgehead atoms. The maximum absolute atomic E-state index is 11.7. The second-order valence-electron chi connectivity index (χ2n) is 2.55. The van der Waals surface area contributed by atoms with Gasteiger partial charge in [-0.05, 0) is 24.7 Å². The van der Waals surface area contributed by atoms with Crippen molar-refractivity contribution in [2.75, 3.05) is 7.05 Å². The maximum Gasteiger partial charge on any atom is 0.387 e. The lowest BCUT2D eigenvalue weighted by Gasteiger charge is -2.05.